The summed E-state index contributed by atoms with van der Waals surface area (Å²) in [4.78, 5) is 18.6. The van der Waals surface area contributed by atoms with Crippen LogP contribution in [0, 0.1) is 0 Å². The van der Waals surface area contributed by atoms with E-state index >= 15 is 0 Å². The number of nitrogens with one attached hydrogen (secondary N) is 1. The average molecular weight is 294 g/mol. The number of morpholine rings is 1. The fourth-order valence-corrected chi connectivity index (χ4v) is 2.77. The van der Waals surface area contributed by atoms with Crippen molar-refractivity contribution in [2.24, 2.45) is 0 Å². The summed E-state index contributed by atoms with van der Waals surface area (Å²) in [5.41, 5.74) is 0. The number of aryl methyl sites for hydroxylation is 1. The standard InChI is InChI=1S/C14H22N4O3/c1-2-12-15-14(17-16-12)11-9-18(5-7-21-11)13(19)8-10-4-3-6-20-10/h10-11H,2-9H2,1H3,(H,15,16,17)/t10-,11+/m1/s1. The van der Waals surface area contributed by atoms with Crippen LogP contribution >= 0.6 is 0 Å². The van der Waals surface area contributed by atoms with Crippen LogP contribution in [0.1, 0.15) is 43.9 Å². The van der Waals surface area contributed by atoms with E-state index in [9.17, 15) is 4.79 Å². The Morgan fingerprint density at radius 2 is 2.33 bits per heavy atom. The van der Waals surface area contributed by atoms with Crippen molar-refractivity contribution in [1.29, 1.82) is 0 Å². The van der Waals surface area contributed by atoms with Gasteiger partial charge in [-0.2, -0.15) is 5.10 Å². The molecule has 0 radical (unpaired) electrons. The molecule has 0 bridgehead atoms. The molecule has 2 aliphatic rings. The molecule has 21 heavy (non-hydrogen) atoms. The molecule has 7 nitrogen and oxygen atoms in total. The molecule has 1 aromatic heterocycles. The number of aromatic amines is 1. The average Bonchev–Trinajstić information content (AvgIpc) is 3.18. The van der Waals surface area contributed by atoms with Gasteiger partial charge >= 0.3 is 0 Å². The monoisotopic (exact) mass is 294 g/mol. The van der Waals surface area contributed by atoms with Gasteiger partial charge in [0.25, 0.3) is 0 Å². The normalized spacial score (nSPS) is 26.2. The summed E-state index contributed by atoms with van der Waals surface area (Å²) in [5.74, 6) is 1.62. The lowest BCUT2D eigenvalue weighted by Gasteiger charge is -2.32. The van der Waals surface area contributed by atoms with Crippen LogP contribution in [0.15, 0.2) is 0 Å². The quantitative estimate of drug-likeness (QED) is 0.890. The number of rotatable bonds is 4. The maximum Gasteiger partial charge on any atom is 0.225 e. The number of aromatic nitrogens is 3. The van der Waals surface area contributed by atoms with Gasteiger partial charge in [-0.25, -0.2) is 4.98 Å². The lowest BCUT2D eigenvalue weighted by molar-refractivity contribution is -0.141. The molecule has 7 heteroatoms. The van der Waals surface area contributed by atoms with Crippen molar-refractivity contribution in [2.45, 2.75) is 44.8 Å². The minimum absolute atomic E-state index is 0.0917. The van der Waals surface area contributed by atoms with Crippen LogP contribution < -0.4 is 0 Å². The van der Waals surface area contributed by atoms with E-state index in [0.29, 0.717) is 31.9 Å². The van der Waals surface area contributed by atoms with Crippen LogP contribution in [0.3, 0.4) is 0 Å². The predicted molar refractivity (Wildman–Crippen MR) is 74.6 cm³/mol. The number of ether oxygens (including phenoxy) is 2. The Bertz CT molecular complexity index is 484. The van der Waals surface area contributed by atoms with Gasteiger partial charge in [0.05, 0.1) is 25.7 Å². The van der Waals surface area contributed by atoms with Crippen molar-refractivity contribution in [1.82, 2.24) is 20.1 Å². The van der Waals surface area contributed by atoms with Gasteiger partial charge in [0, 0.05) is 19.6 Å². The number of amides is 1. The van der Waals surface area contributed by atoms with Crippen LogP contribution in [-0.4, -0.2) is 58.4 Å². The Hall–Kier alpha value is -1.47. The first-order valence-electron chi connectivity index (χ1n) is 7.68. The number of hydrogen-bond acceptors (Lipinski definition) is 5. The Balaban J connectivity index is 1.58. The van der Waals surface area contributed by atoms with Crippen molar-refractivity contribution < 1.29 is 14.3 Å². The lowest BCUT2D eigenvalue weighted by atomic mass is 10.1. The maximum absolute atomic E-state index is 12.3. The van der Waals surface area contributed by atoms with Crippen LogP contribution in [0.5, 0.6) is 0 Å². The largest absolute Gasteiger partial charge is 0.378 e. The van der Waals surface area contributed by atoms with Crippen molar-refractivity contribution in [3.63, 3.8) is 0 Å². The second kappa shape index (κ2) is 6.53. The van der Waals surface area contributed by atoms with E-state index in [1.54, 1.807) is 0 Å². The minimum atomic E-state index is -0.233. The lowest BCUT2D eigenvalue weighted by Crippen LogP contribution is -2.43. The van der Waals surface area contributed by atoms with Gasteiger partial charge in [0.1, 0.15) is 11.9 Å². The first-order chi connectivity index (χ1) is 10.3. The molecule has 2 atom stereocenters. The minimum Gasteiger partial charge on any atom is -0.378 e. The highest BCUT2D eigenvalue weighted by molar-refractivity contribution is 5.76. The Morgan fingerprint density at radius 1 is 1.43 bits per heavy atom. The number of nitrogens with zero attached hydrogens (tertiary/aromatic N) is 3. The summed E-state index contributed by atoms with van der Waals surface area (Å²) in [6, 6.07) is 0. The molecule has 2 saturated heterocycles. The molecule has 2 fully saturated rings. The van der Waals surface area contributed by atoms with Crippen molar-refractivity contribution >= 4 is 5.91 Å². The molecule has 0 unspecified atom stereocenters. The second-order valence-electron chi connectivity index (χ2n) is 5.53. The summed E-state index contributed by atoms with van der Waals surface area (Å²) in [5, 5.41) is 7.07. The number of carbonyl (C=O) groups excluding carboxylic acids is 1. The molecular weight excluding hydrogens is 272 g/mol. The third kappa shape index (κ3) is 3.41. The SMILES string of the molecule is CCc1nc([C@@H]2CN(C(=O)C[C@H]3CCCO3)CCO2)n[nH]1. The van der Waals surface area contributed by atoms with Gasteiger partial charge < -0.3 is 14.4 Å². The zero-order valence-electron chi connectivity index (χ0n) is 12.4. The van der Waals surface area contributed by atoms with Gasteiger partial charge in [-0.1, -0.05) is 6.92 Å². The molecule has 0 spiro atoms. The summed E-state index contributed by atoms with van der Waals surface area (Å²) < 4.78 is 11.2. The summed E-state index contributed by atoms with van der Waals surface area (Å²) in [6.45, 7) is 4.47. The molecule has 0 saturated carbocycles. The molecule has 1 amide bonds. The molecule has 0 aliphatic carbocycles. The van der Waals surface area contributed by atoms with Gasteiger partial charge in [-0.3, -0.25) is 9.89 Å². The van der Waals surface area contributed by atoms with Gasteiger partial charge in [0.2, 0.25) is 5.91 Å². The second-order valence-corrected chi connectivity index (χ2v) is 5.53. The van der Waals surface area contributed by atoms with Crippen LogP contribution in [-0.2, 0) is 20.7 Å². The van der Waals surface area contributed by atoms with E-state index in [1.807, 2.05) is 11.8 Å². The zero-order chi connectivity index (χ0) is 14.7. The van der Waals surface area contributed by atoms with E-state index in [2.05, 4.69) is 15.2 Å². The Labute approximate surface area is 124 Å². The summed E-state index contributed by atoms with van der Waals surface area (Å²) in [7, 11) is 0. The molecule has 1 aromatic rings. The first-order valence-corrected chi connectivity index (χ1v) is 7.68. The van der Waals surface area contributed by atoms with Crippen molar-refractivity contribution in [2.75, 3.05) is 26.3 Å². The van der Waals surface area contributed by atoms with E-state index in [-0.39, 0.29) is 18.1 Å². The molecule has 1 N–H and O–H groups in total. The van der Waals surface area contributed by atoms with E-state index < -0.39 is 0 Å². The van der Waals surface area contributed by atoms with E-state index in [1.165, 1.54) is 0 Å². The number of carbonyl (C=O) groups is 1. The van der Waals surface area contributed by atoms with Crippen LogP contribution in [0.2, 0.25) is 0 Å². The van der Waals surface area contributed by atoms with Crippen molar-refractivity contribution in [3.05, 3.63) is 11.6 Å². The highest BCUT2D eigenvalue weighted by Crippen LogP contribution is 2.22. The first kappa shape index (κ1) is 14.5. The molecule has 2 aliphatic heterocycles. The fourth-order valence-electron chi connectivity index (χ4n) is 2.77. The smallest absolute Gasteiger partial charge is 0.225 e. The highest BCUT2D eigenvalue weighted by atomic mass is 16.5. The van der Waals surface area contributed by atoms with Gasteiger partial charge in [0.15, 0.2) is 5.82 Å². The van der Waals surface area contributed by atoms with Gasteiger partial charge in [-0.05, 0) is 12.8 Å². The van der Waals surface area contributed by atoms with Crippen LogP contribution in [0.4, 0.5) is 0 Å². The number of hydrogen-bond donors (Lipinski definition) is 1. The molecular formula is C14H22N4O3. The van der Waals surface area contributed by atoms with E-state index in [0.717, 1.165) is 31.7 Å². The number of H-pyrrole nitrogens is 1. The summed E-state index contributed by atoms with van der Waals surface area (Å²) >= 11 is 0. The fraction of sp³-hybridized carbons (Fsp3) is 0.786. The van der Waals surface area contributed by atoms with Crippen molar-refractivity contribution in [3.8, 4) is 0 Å². The van der Waals surface area contributed by atoms with Crippen LogP contribution in [0.25, 0.3) is 0 Å². The molecule has 3 rings (SSSR count). The highest BCUT2D eigenvalue weighted by Gasteiger charge is 2.30. The van der Waals surface area contributed by atoms with Gasteiger partial charge in [-0.15, -0.1) is 0 Å². The third-order valence-electron chi connectivity index (χ3n) is 4.02. The maximum atomic E-state index is 12.3. The Kier molecular flexibility index (Phi) is 4.50. The summed E-state index contributed by atoms with van der Waals surface area (Å²) in [6.07, 6.45) is 3.18. The topological polar surface area (TPSA) is 80.3 Å². The predicted octanol–water partition coefficient (Wildman–Crippen LogP) is 0.836. The zero-order valence-corrected chi connectivity index (χ0v) is 12.4. The molecule has 0 aromatic carbocycles. The molecule has 3 heterocycles. The Morgan fingerprint density at radius 3 is 3.05 bits per heavy atom. The molecule has 116 valence electrons. The van der Waals surface area contributed by atoms with E-state index in [4.69, 9.17) is 9.47 Å². The third-order valence-corrected chi connectivity index (χ3v) is 4.02.